The minimum atomic E-state index is -1.24. The fraction of sp³-hybridized carbons (Fsp3) is 0.200. The molecule has 3 N–H and O–H groups in total. The van der Waals surface area contributed by atoms with Crippen LogP contribution in [0.3, 0.4) is 0 Å². The summed E-state index contributed by atoms with van der Waals surface area (Å²) in [6, 6.07) is 3.44. The average molecular weight is 226 g/mol. The fourth-order valence-corrected chi connectivity index (χ4v) is 1.09. The third-order valence-corrected chi connectivity index (χ3v) is 1.76. The van der Waals surface area contributed by atoms with Gasteiger partial charge in [-0.1, -0.05) is 0 Å². The fourth-order valence-electron chi connectivity index (χ4n) is 1.09. The van der Waals surface area contributed by atoms with Crippen LogP contribution in [-0.2, 0) is 0 Å². The highest BCUT2D eigenvalue weighted by Gasteiger charge is 2.11. The van der Waals surface area contributed by atoms with Gasteiger partial charge in [-0.15, -0.1) is 0 Å². The molecule has 0 aliphatic heterocycles. The third-order valence-electron chi connectivity index (χ3n) is 1.76. The second-order valence-electron chi connectivity index (χ2n) is 2.93. The van der Waals surface area contributed by atoms with Crippen LogP contribution in [0.2, 0.25) is 0 Å². The second-order valence-corrected chi connectivity index (χ2v) is 2.93. The Kier molecular flexibility index (Phi) is 3.84. The predicted octanol–water partition coefficient (Wildman–Crippen LogP) is 0.454. The largest absolute Gasteiger partial charge is 0.491 e. The van der Waals surface area contributed by atoms with Gasteiger partial charge in [0.05, 0.1) is 17.7 Å². The number of aliphatic hydroxyl groups excluding tert-OH is 1. The van der Waals surface area contributed by atoms with Crippen LogP contribution < -0.4 is 4.74 Å². The van der Waals surface area contributed by atoms with E-state index in [0.29, 0.717) is 0 Å². The van der Waals surface area contributed by atoms with E-state index in [0.717, 1.165) is 6.07 Å². The van der Waals surface area contributed by atoms with Gasteiger partial charge in [0.15, 0.2) is 0 Å². The summed E-state index contributed by atoms with van der Waals surface area (Å²) < 4.78 is 4.96. The van der Waals surface area contributed by atoms with E-state index >= 15 is 0 Å². The lowest BCUT2D eigenvalue weighted by atomic mass is 10.1. The molecule has 0 atom stereocenters. The van der Waals surface area contributed by atoms with Crippen LogP contribution in [0, 0.1) is 0 Å². The predicted molar refractivity (Wildman–Crippen MR) is 52.9 cm³/mol. The van der Waals surface area contributed by atoms with Gasteiger partial charge in [-0.3, -0.25) is 0 Å². The Labute approximate surface area is 90.7 Å². The van der Waals surface area contributed by atoms with Gasteiger partial charge in [0.1, 0.15) is 12.4 Å². The molecule has 0 fully saturated rings. The van der Waals surface area contributed by atoms with Crippen molar-refractivity contribution in [3.8, 4) is 5.75 Å². The quantitative estimate of drug-likeness (QED) is 0.673. The standard InChI is InChI=1S/C10H10O6/c11-1-2-16-8-4-6(9(12)13)3-7(5-8)10(14)15/h3-5,11H,1-2H2,(H,12,13)(H,14,15). The summed E-state index contributed by atoms with van der Waals surface area (Å²) in [5.41, 5.74) is -0.347. The summed E-state index contributed by atoms with van der Waals surface area (Å²) in [7, 11) is 0. The number of carbonyl (C=O) groups is 2. The zero-order chi connectivity index (χ0) is 12.1. The topological polar surface area (TPSA) is 104 Å². The second kappa shape index (κ2) is 5.13. The van der Waals surface area contributed by atoms with Gasteiger partial charge < -0.3 is 20.1 Å². The Morgan fingerprint density at radius 1 is 1.06 bits per heavy atom. The molecule has 0 radical (unpaired) electrons. The molecule has 0 amide bonds. The summed E-state index contributed by atoms with van der Waals surface area (Å²) in [5.74, 6) is -2.37. The molecule has 1 aromatic rings. The highest BCUT2D eigenvalue weighted by Crippen LogP contribution is 2.17. The first-order valence-electron chi connectivity index (χ1n) is 4.40. The summed E-state index contributed by atoms with van der Waals surface area (Å²) >= 11 is 0. The maximum Gasteiger partial charge on any atom is 0.335 e. The van der Waals surface area contributed by atoms with E-state index < -0.39 is 11.9 Å². The number of carboxylic acids is 2. The molecular formula is C10H10O6. The number of hydrogen-bond acceptors (Lipinski definition) is 4. The number of aliphatic hydroxyl groups is 1. The molecule has 0 unspecified atom stereocenters. The van der Waals surface area contributed by atoms with E-state index in [1.807, 2.05) is 0 Å². The maximum absolute atomic E-state index is 10.7. The molecule has 0 heterocycles. The van der Waals surface area contributed by atoms with Crippen molar-refractivity contribution in [2.24, 2.45) is 0 Å². The minimum Gasteiger partial charge on any atom is -0.491 e. The molecule has 0 aliphatic carbocycles. The van der Waals surface area contributed by atoms with Crippen molar-refractivity contribution < 1.29 is 29.6 Å². The lowest BCUT2D eigenvalue weighted by Crippen LogP contribution is -2.06. The molecule has 0 aliphatic rings. The summed E-state index contributed by atoms with van der Waals surface area (Å²) in [6.07, 6.45) is 0. The zero-order valence-corrected chi connectivity index (χ0v) is 8.21. The zero-order valence-electron chi connectivity index (χ0n) is 8.21. The number of hydrogen-bond donors (Lipinski definition) is 3. The van der Waals surface area contributed by atoms with Crippen LogP contribution in [0.25, 0.3) is 0 Å². The monoisotopic (exact) mass is 226 g/mol. The van der Waals surface area contributed by atoms with E-state index in [1.165, 1.54) is 12.1 Å². The van der Waals surface area contributed by atoms with Crippen LogP contribution in [0.4, 0.5) is 0 Å². The lowest BCUT2D eigenvalue weighted by Gasteiger charge is -2.06. The summed E-state index contributed by atoms with van der Waals surface area (Å²) in [6.45, 7) is -0.262. The third kappa shape index (κ3) is 2.96. The molecule has 1 rings (SSSR count). The van der Waals surface area contributed by atoms with E-state index in [2.05, 4.69) is 0 Å². The molecule has 0 saturated heterocycles. The van der Waals surface area contributed by atoms with Gasteiger partial charge in [-0.25, -0.2) is 9.59 Å². The molecule has 0 saturated carbocycles. The number of benzene rings is 1. The first-order chi connectivity index (χ1) is 7.54. The molecule has 1 aromatic carbocycles. The Morgan fingerprint density at radius 3 is 1.94 bits per heavy atom. The summed E-state index contributed by atoms with van der Waals surface area (Å²) in [4.78, 5) is 21.4. The number of carboxylic acid groups (broad SMARTS) is 2. The van der Waals surface area contributed by atoms with Gasteiger partial charge >= 0.3 is 11.9 Å². The van der Waals surface area contributed by atoms with Gasteiger partial charge in [0.25, 0.3) is 0 Å². The Morgan fingerprint density at radius 2 is 1.56 bits per heavy atom. The number of ether oxygens (including phenoxy) is 1. The van der Waals surface area contributed by atoms with Gasteiger partial charge in [-0.2, -0.15) is 0 Å². The molecule has 0 spiro atoms. The van der Waals surface area contributed by atoms with E-state index in [4.69, 9.17) is 20.1 Å². The molecule has 0 bridgehead atoms. The van der Waals surface area contributed by atoms with Crippen molar-refractivity contribution in [1.82, 2.24) is 0 Å². The molecule has 86 valence electrons. The smallest absolute Gasteiger partial charge is 0.335 e. The minimum absolute atomic E-state index is 0.0257. The average Bonchev–Trinajstić information content (AvgIpc) is 2.25. The van der Waals surface area contributed by atoms with E-state index in [-0.39, 0.29) is 30.1 Å². The van der Waals surface area contributed by atoms with E-state index in [9.17, 15) is 9.59 Å². The van der Waals surface area contributed by atoms with Crippen molar-refractivity contribution in [2.45, 2.75) is 0 Å². The molecule has 0 aromatic heterocycles. The number of aromatic carboxylic acids is 2. The van der Waals surface area contributed by atoms with Crippen molar-refractivity contribution in [1.29, 1.82) is 0 Å². The Balaban J connectivity index is 3.08. The Hall–Kier alpha value is -2.08. The first-order valence-corrected chi connectivity index (χ1v) is 4.40. The van der Waals surface area contributed by atoms with Crippen LogP contribution >= 0.6 is 0 Å². The Bertz CT molecular complexity index is 380. The van der Waals surface area contributed by atoms with Gasteiger partial charge in [0.2, 0.25) is 0 Å². The molecule has 6 heteroatoms. The van der Waals surface area contributed by atoms with E-state index in [1.54, 1.807) is 0 Å². The molecule has 6 nitrogen and oxygen atoms in total. The number of rotatable bonds is 5. The van der Waals surface area contributed by atoms with Crippen molar-refractivity contribution >= 4 is 11.9 Å². The lowest BCUT2D eigenvalue weighted by molar-refractivity contribution is 0.0696. The maximum atomic E-state index is 10.7. The van der Waals surface area contributed by atoms with Crippen LogP contribution in [0.5, 0.6) is 5.75 Å². The molecular weight excluding hydrogens is 216 g/mol. The van der Waals surface area contributed by atoms with Crippen LogP contribution in [0.1, 0.15) is 20.7 Å². The normalized spacial score (nSPS) is 9.81. The van der Waals surface area contributed by atoms with Gasteiger partial charge in [-0.05, 0) is 18.2 Å². The summed E-state index contributed by atoms with van der Waals surface area (Å²) in [5, 5.41) is 26.0. The van der Waals surface area contributed by atoms with Gasteiger partial charge in [0, 0.05) is 0 Å². The van der Waals surface area contributed by atoms with Crippen molar-refractivity contribution in [3.05, 3.63) is 29.3 Å². The van der Waals surface area contributed by atoms with Crippen LogP contribution in [-0.4, -0.2) is 40.5 Å². The molecule has 16 heavy (non-hydrogen) atoms. The van der Waals surface area contributed by atoms with Crippen LogP contribution in [0.15, 0.2) is 18.2 Å². The SMILES string of the molecule is O=C(O)c1cc(OCCO)cc(C(=O)O)c1. The highest BCUT2D eigenvalue weighted by molar-refractivity contribution is 5.94. The first kappa shape index (κ1) is 12.0. The van der Waals surface area contributed by atoms with Crippen molar-refractivity contribution in [3.63, 3.8) is 0 Å². The van der Waals surface area contributed by atoms with Crippen molar-refractivity contribution in [2.75, 3.05) is 13.2 Å². The highest BCUT2D eigenvalue weighted by atomic mass is 16.5.